The van der Waals surface area contributed by atoms with Gasteiger partial charge in [-0.3, -0.25) is 9.80 Å². The molecule has 2 aliphatic heterocycles. The molecule has 3 atom stereocenters. The molecule has 0 unspecified atom stereocenters. The van der Waals surface area contributed by atoms with Crippen LogP contribution < -0.4 is 0 Å². The lowest BCUT2D eigenvalue weighted by atomic mass is 10.1. The lowest BCUT2D eigenvalue weighted by Gasteiger charge is -2.44. The van der Waals surface area contributed by atoms with Gasteiger partial charge in [-0.25, -0.2) is 4.79 Å². The van der Waals surface area contributed by atoms with E-state index in [1.165, 1.54) is 0 Å². The van der Waals surface area contributed by atoms with Crippen LogP contribution in [0.4, 0.5) is 4.79 Å². The molecular weight excluding hydrogens is 266 g/mol. The molecule has 0 saturated carbocycles. The van der Waals surface area contributed by atoms with Crippen molar-refractivity contribution in [1.29, 1.82) is 0 Å². The SMILES string of the molecule is C[C@@H]1CN([C@@H]2CCN(C(=O)OC(C)(C)C)C2)C[C@H](C)N1C. The summed E-state index contributed by atoms with van der Waals surface area (Å²) in [6.45, 7) is 14.1. The van der Waals surface area contributed by atoms with Crippen LogP contribution in [-0.2, 0) is 4.74 Å². The standard InChI is InChI=1S/C16H31N3O2/c1-12-9-19(10-13(2)17(12)6)14-7-8-18(11-14)15(20)21-16(3,4)5/h12-14H,7-11H2,1-6H3/t12-,13+,14-/m1/s1. The highest BCUT2D eigenvalue weighted by molar-refractivity contribution is 5.68. The van der Waals surface area contributed by atoms with Crippen LogP contribution >= 0.6 is 0 Å². The fraction of sp³-hybridized carbons (Fsp3) is 0.938. The molecule has 122 valence electrons. The molecule has 5 heteroatoms. The van der Waals surface area contributed by atoms with Crippen LogP contribution in [0.1, 0.15) is 41.0 Å². The molecule has 2 aliphatic rings. The second kappa shape index (κ2) is 6.13. The maximum atomic E-state index is 12.1. The van der Waals surface area contributed by atoms with Gasteiger partial charge in [0.15, 0.2) is 0 Å². The van der Waals surface area contributed by atoms with E-state index in [1.54, 1.807) is 0 Å². The summed E-state index contributed by atoms with van der Waals surface area (Å²) >= 11 is 0. The number of rotatable bonds is 1. The third-order valence-corrected chi connectivity index (χ3v) is 4.72. The molecule has 0 bridgehead atoms. The van der Waals surface area contributed by atoms with Crippen molar-refractivity contribution in [2.45, 2.75) is 64.8 Å². The van der Waals surface area contributed by atoms with Crippen molar-refractivity contribution < 1.29 is 9.53 Å². The lowest BCUT2D eigenvalue weighted by Crippen LogP contribution is -2.58. The lowest BCUT2D eigenvalue weighted by molar-refractivity contribution is 0.0210. The topological polar surface area (TPSA) is 36.0 Å². The highest BCUT2D eigenvalue weighted by Gasteiger charge is 2.36. The summed E-state index contributed by atoms with van der Waals surface area (Å²) in [6, 6.07) is 1.63. The second-order valence-corrected chi connectivity index (χ2v) is 7.69. The van der Waals surface area contributed by atoms with Crippen LogP contribution in [0.5, 0.6) is 0 Å². The van der Waals surface area contributed by atoms with Gasteiger partial charge in [-0.15, -0.1) is 0 Å². The van der Waals surface area contributed by atoms with Gasteiger partial charge < -0.3 is 9.64 Å². The van der Waals surface area contributed by atoms with Crippen LogP contribution in [0.15, 0.2) is 0 Å². The molecule has 0 aromatic heterocycles. The summed E-state index contributed by atoms with van der Waals surface area (Å²) in [5.74, 6) is 0. The van der Waals surface area contributed by atoms with Crippen LogP contribution in [0.2, 0.25) is 0 Å². The Labute approximate surface area is 129 Å². The van der Waals surface area contributed by atoms with Gasteiger partial charge in [-0.1, -0.05) is 0 Å². The molecule has 2 heterocycles. The van der Waals surface area contributed by atoms with Crippen LogP contribution in [0.25, 0.3) is 0 Å². The van der Waals surface area contributed by atoms with Crippen molar-refractivity contribution in [3.05, 3.63) is 0 Å². The molecule has 5 nitrogen and oxygen atoms in total. The first-order valence-corrected chi connectivity index (χ1v) is 8.11. The maximum Gasteiger partial charge on any atom is 0.410 e. The zero-order chi connectivity index (χ0) is 15.8. The van der Waals surface area contributed by atoms with Gasteiger partial charge in [0, 0.05) is 44.3 Å². The summed E-state index contributed by atoms with van der Waals surface area (Å²) in [5.41, 5.74) is -0.411. The van der Waals surface area contributed by atoms with Crippen molar-refractivity contribution in [3.63, 3.8) is 0 Å². The van der Waals surface area contributed by atoms with Crippen LogP contribution in [0.3, 0.4) is 0 Å². The van der Waals surface area contributed by atoms with E-state index in [-0.39, 0.29) is 6.09 Å². The molecule has 0 aliphatic carbocycles. The molecule has 0 aromatic carbocycles. The first kappa shape index (κ1) is 16.6. The molecule has 2 fully saturated rings. The average molecular weight is 297 g/mol. The number of likely N-dealkylation sites (tertiary alicyclic amines) is 1. The normalized spacial score (nSPS) is 32.5. The van der Waals surface area contributed by atoms with E-state index >= 15 is 0 Å². The minimum absolute atomic E-state index is 0.166. The van der Waals surface area contributed by atoms with Gasteiger partial charge >= 0.3 is 6.09 Å². The smallest absolute Gasteiger partial charge is 0.410 e. The molecule has 21 heavy (non-hydrogen) atoms. The van der Waals surface area contributed by atoms with E-state index in [4.69, 9.17) is 4.74 Å². The van der Waals surface area contributed by atoms with Crippen LogP contribution in [0, 0.1) is 0 Å². The Bertz CT molecular complexity index is 368. The first-order valence-electron chi connectivity index (χ1n) is 8.11. The third kappa shape index (κ3) is 4.10. The molecule has 0 N–H and O–H groups in total. The third-order valence-electron chi connectivity index (χ3n) is 4.72. The van der Waals surface area contributed by atoms with Crippen molar-refractivity contribution in [2.24, 2.45) is 0 Å². The Hall–Kier alpha value is -0.810. The Morgan fingerprint density at radius 3 is 2.19 bits per heavy atom. The fourth-order valence-electron chi connectivity index (χ4n) is 3.28. The number of hydrogen-bond donors (Lipinski definition) is 0. The van der Waals surface area contributed by atoms with E-state index in [2.05, 4.69) is 30.7 Å². The number of hydrogen-bond acceptors (Lipinski definition) is 4. The number of piperazine rings is 1. The van der Waals surface area contributed by atoms with E-state index in [0.717, 1.165) is 32.6 Å². The molecule has 0 radical (unpaired) electrons. The average Bonchev–Trinajstić information content (AvgIpc) is 2.82. The Morgan fingerprint density at radius 1 is 1.10 bits per heavy atom. The van der Waals surface area contributed by atoms with Gasteiger partial charge in [-0.2, -0.15) is 0 Å². The minimum Gasteiger partial charge on any atom is -0.444 e. The van der Waals surface area contributed by atoms with E-state index in [9.17, 15) is 4.79 Å². The monoisotopic (exact) mass is 297 g/mol. The minimum atomic E-state index is -0.411. The van der Waals surface area contributed by atoms with Crippen molar-refractivity contribution in [1.82, 2.24) is 14.7 Å². The molecule has 2 rings (SSSR count). The number of likely N-dealkylation sites (N-methyl/N-ethyl adjacent to an activating group) is 1. The van der Waals surface area contributed by atoms with Gasteiger partial charge in [0.05, 0.1) is 0 Å². The zero-order valence-electron chi connectivity index (χ0n) is 14.4. The Balaban J connectivity index is 1.89. The van der Waals surface area contributed by atoms with E-state index < -0.39 is 5.60 Å². The van der Waals surface area contributed by atoms with Gasteiger partial charge in [-0.05, 0) is 48.1 Å². The van der Waals surface area contributed by atoms with Crippen molar-refractivity contribution in [2.75, 3.05) is 33.2 Å². The summed E-state index contributed by atoms with van der Waals surface area (Å²) in [7, 11) is 2.20. The highest BCUT2D eigenvalue weighted by Crippen LogP contribution is 2.23. The quantitative estimate of drug-likeness (QED) is 0.742. The highest BCUT2D eigenvalue weighted by atomic mass is 16.6. The number of nitrogens with zero attached hydrogens (tertiary/aromatic N) is 3. The molecule has 1 amide bonds. The second-order valence-electron chi connectivity index (χ2n) is 7.69. The van der Waals surface area contributed by atoms with E-state index in [0.29, 0.717) is 18.1 Å². The predicted molar refractivity (Wildman–Crippen MR) is 84.5 cm³/mol. The summed E-state index contributed by atoms with van der Waals surface area (Å²) in [6.07, 6.45) is 0.891. The first-order chi connectivity index (χ1) is 9.67. The number of carbonyl (C=O) groups is 1. The number of ether oxygens (including phenoxy) is 1. The predicted octanol–water partition coefficient (Wildman–Crippen LogP) is 2.02. The van der Waals surface area contributed by atoms with Gasteiger partial charge in [0.2, 0.25) is 0 Å². The van der Waals surface area contributed by atoms with Gasteiger partial charge in [0.25, 0.3) is 0 Å². The zero-order valence-corrected chi connectivity index (χ0v) is 14.4. The Kier molecular flexibility index (Phi) is 4.83. The molecule has 0 aromatic rings. The molecular formula is C16H31N3O2. The van der Waals surface area contributed by atoms with Crippen molar-refractivity contribution in [3.8, 4) is 0 Å². The molecule has 2 saturated heterocycles. The summed E-state index contributed by atoms with van der Waals surface area (Å²) < 4.78 is 5.48. The van der Waals surface area contributed by atoms with Crippen LogP contribution in [-0.4, -0.2) is 77.7 Å². The van der Waals surface area contributed by atoms with Gasteiger partial charge in [0.1, 0.15) is 5.60 Å². The number of amides is 1. The number of carbonyl (C=O) groups excluding carboxylic acids is 1. The van der Waals surface area contributed by atoms with Crippen molar-refractivity contribution >= 4 is 6.09 Å². The fourth-order valence-corrected chi connectivity index (χ4v) is 3.28. The molecule has 0 spiro atoms. The largest absolute Gasteiger partial charge is 0.444 e. The maximum absolute atomic E-state index is 12.1. The summed E-state index contributed by atoms with van der Waals surface area (Å²) in [5, 5.41) is 0. The van der Waals surface area contributed by atoms with E-state index in [1.807, 2.05) is 25.7 Å². The Morgan fingerprint density at radius 2 is 1.67 bits per heavy atom. The summed E-state index contributed by atoms with van der Waals surface area (Å²) in [4.78, 5) is 19.0.